The van der Waals surface area contributed by atoms with Crippen LogP contribution in [0.2, 0.25) is 0 Å². The molecule has 204 valence electrons. The summed E-state index contributed by atoms with van der Waals surface area (Å²) in [7, 11) is -3.66. The van der Waals surface area contributed by atoms with E-state index in [2.05, 4.69) is 5.32 Å². The number of aryl methyl sites for hydroxylation is 1. The fourth-order valence-corrected chi connectivity index (χ4v) is 6.71. The molecule has 8 nitrogen and oxygen atoms in total. The Morgan fingerprint density at radius 1 is 1.05 bits per heavy atom. The van der Waals surface area contributed by atoms with Crippen molar-refractivity contribution in [3.8, 4) is 0 Å². The van der Waals surface area contributed by atoms with Crippen LogP contribution in [0.4, 0.5) is 18.9 Å². The number of amides is 2. The van der Waals surface area contributed by atoms with Crippen LogP contribution in [0.15, 0.2) is 48.5 Å². The Kier molecular flexibility index (Phi) is 6.99. The molecular formula is C26H29F3N4O4S. The molecule has 3 fully saturated rings. The van der Waals surface area contributed by atoms with E-state index in [1.165, 1.54) is 31.7 Å². The summed E-state index contributed by atoms with van der Waals surface area (Å²) in [5.74, 6) is -5.46. The summed E-state index contributed by atoms with van der Waals surface area (Å²) in [5.41, 5.74) is 1.25. The number of carbonyl (C=O) groups excluding carboxylic acids is 2. The number of carbonyl (C=O) groups is 2. The monoisotopic (exact) mass is 550 g/mol. The molecule has 0 unspecified atom stereocenters. The van der Waals surface area contributed by atoms with Crippen molar-refractivity contribution in [1.82, 2.24) is 13.9 Å². The molecule has 1 saturated carbocycles. The van der Waals surface area contributed by atoms with E-state index in [9.17, 15) is 31.2 Å². The van der Waals surface area contributed by atoms with Crippen LogP contribution < -0.4 is 10.2 Å². The first-order valence-corrected chi connectivity index (χ1v) is 13.9. The Hall–Kier alpha value is -2.96. The van der Waals surface area contributed by atoms with Crippen LogP contribution in [-0.2, 0) is 19.8 Å². The summed E-state index contributed by atoms with van der Waals surface area (Å²) in [6, 6.07) is 10.1. The summed E-state index contributed by atoms with van der Waals surface area (Å²) in [4.78, 5) is 29.0. The number of benzene rings is 2. The van der Waals surface area contributed by atoms with Gasteiger partial charge in [-0.25, -0.2) is 13.2 Å². The summed E-state index contributed by atoms with van der Waals surface area (Å²) in [5, 5.41) is 2.64. The van der Waals surface area contributed by atoms with Gasteiger partial charge in [-0.3, -0.25) is 14.5 Å². The predicted molar refractivity (Wildman–Crippen MR) is 134 cm³/mol. The largest absolute Gasteiger partial charge is 0.351 e. The van der Waals surface area contributed by atoms with Gasteiger partial charge in [0.1, 0.15) is 11.9 Å². The van der Waals surface area contributed by atoms with Crippen LogP contribution in [0.1, 0.15) is 36.4 Å². The zero-order chi connectivity index (χ0) is 27.2. The normalized spacial score (nSPS) is 22.5. The number of rotatable bonds is 8. The first kappa shape index (κ1) is 26.6. The third-order valence-electron chi connectivity index (χ3n) is 7.31. The lowest BCUT2D eigenvalue weighted by atomic mass is 9.87. The highest BCUT2D eigenvalue weighted by molar-refractivity contribution is 7.87. The Morgan fingerprint density at radius 2 is 1.76 bits per heavy atom. The topological polar surface area (TPSA) is 89.8 Å². The van der Waals surface area contributed by atoms with Gasteiger partial charge < -0.3 is 5.32 Å². The average Bonchev–Trinajstić information content (AvgIpc) is 3.58. The maximum Gasteiger partial charge on any atom is 0.282 e. The second-order valence-corrected chi connectivity index (χ2v) is 12.1. The number of nitrogens with zero attached hydrogens (tertiary/aromatic N) is 3. The lowest BCUT2D eigenvalue weighted by molar-refractivity contribution is -0.133. The highest BCUT2D eigenvalue weighted by atomic mass is 32.2. The minimum atomic E-state index is -3.66. The SMILES string of the molecule is Cc1ccccc1[C@@H](C(=O)NC1CC(F)(F)C1)N(C(=O)[C@H]1CCN(S(=O)(=O)N2CC2)C1)c1cccc(F)c1. The molecule has 0 aromatic heterocycles. The van der Waals surface area contributed by atoms with Crippen molar-refractivity contribution in [2.24, 2.45) is 5.92 Å². The quantitative estimate of drug-likeness (QED) is 0.512. The van der Waals surface area contributed by atoms with Gasteiger partial charge in [0, 0.05) is 50.7 Å². The minimum Gasteiger partial charge on any atom is -0.351 e. The van der Waals surface area contributed by atoms with E-state index in [4.69, 9.17) is 0 Å². The van der Waals surface area contributed by atoms with Gasteiger partial charge in [0.05, 0.1) is 5.92 Å². The molecule has 12 heteroatoms. The second kappa shape index (κ2) is 9.97. The zero-order valence-corrected chi connectivity index (χ0v) is 21.6. The van der Waals surface area contributed by atoms with Crippen molar-refractivity contribution in [2.75, 3.05) is 31.1 Å². The van der Waals surface area contributed by atoms with Crippen LogP contribution in [0, 0.1) is 18.7 Å². The van der Waals surface area contributed by atoms with E-state index in [1.54, 1.807) is 31.2 Å². The molecule has 0 bridgehead atoms. The molecule has 3 aliphatic rings. The van der Waals surface area contributed by atoms with E-state index in [0.29, 0.717) is 24.2 Å². The highest BCUT2D eigenvalue weighted by Gasteiger charge is 2.48. The van der Waals surface area contributed by atoms with Crippen molar-refractivity contribution in [2.45, 2.75) is 44.2 Å². The van der Waals surface area contributed by atoms with E-state index < -0.39 is 64.6 Å². The van der Waals surface area contributed by atoms with Gasteiger partial charge in [-0.05, 0) is 42.7 Å². The second-order valence-electron chi connectivity index (χ2n) is 10.2. The smallest absolute Gasteiger partial charge is 0.282 e. The van der Waals surface area contributed by atoms with Gasteiger partial charge in [0.15, 0.2) is 0 Å². The van der Waals surface area contributed by atoms with E-state index >= 15 is 0 Å². The molecular weight excluding hydrogens is 521 g/mol. The first-order chi connectivity index (χ1) is 18.0. The molecule has 2 aromatic carbocycles. The number of nitrogens with one attached hydrogen (secondary N) is 1. The summed E-state index contributed by atoms with van der Waals surface area (Å²) >= 11 is 0. The zero-order valence-electron chi connectivity index (χ0n) is 20.8. The molecule has 1 aliphatic carbocycles. The number of anilines is 1. The fourth-order valence-electron chi connectivity index (χ4n) is 5.13. The lowest BCUT2D eigenvalue weighted by Gasteiger charge is -2.39. The molecule has 1 N–H and O–H groups in total. The Bertz CT molecular complexity index is 1340. The Labute approximate surface area is 219 Å². The molecule has 2 atom stereocenters. The summed E-state index contributed by atoms with van der Waals surface area (Å²) in [6.07, 6.45) is -0.771. The third kappa shape index (κ3) is 5.29. The molecule has 38 heavy (non-hydrogen) atoms. The van der Waals surface area contributed by atoms with Gasteiger partial charge in [0.25, 0.3) is 16.1 Å². The van der Waals surface area contributed by atoms with Gasteiger partial charge in [-0.2, -0.15) is 17.0 Å². The molecule has 0 radical (unpaired) electrons. The van der Waals surface area contributed by atoms with Gasteiger partial charge in [0.2, 0.25) is 11.8 Å². The maximum atomic E-state index is 14.4. The standard InChI is InChI=1S/C26H29F3N4O4S/c1-17-5-2-3-8-22(17)23(24(34)30-20-14-26(28,29)15-20)33(21-7-4-6-19(27)13-21)25(35)18-9-10-32(16-18)38(36,37)31-11-12-31/h2-8,13,18,20,23H,9-12,14-16H2,1H3,(H,30,34)/t18-,23-/m0/s1. The van der Waals surface area contributed by atoms with E-state index in [-0.39, 0.29) is 25.2 Å². The molecule has 2 heterocycles. The van der Waals surface area contributed by atoms with Crippen LogP contribution in [0.25, 0.3) is 0 Å². The number of hydrogen-bond acceptors (Lipinski definition) is 4. The number of halogens is 3. The van der Waals surface area contributed by atoms with Crippen LogP contribution in [0.3, 0.4) is 0 Å². The van der Waals surface area contributed by atoms with E-state index in [1.807, 2.05) is 0 Å². The average molecular weight is 551 g/mol. The van der Waals surface area contributed by atoms with Crippen molar-refractivity contribution in [1.29, 1.82) is 0 Å². The fraction of sp³-hybridized carbons (Fsp3) is 0.462. The number of hydrogen-bond donors (Lipinski definition) is 1. The van der Waals surface area contributed by atoms with E-state index in [0.717, 1.165) is 6.07 Å². The Morgan fingerprint density at radius 3 is 2.39 bits per heavy atom. The van der Waals surface area contributed by atoms with Gasteiger partial charge in [-0.1, -0.05) is 30.3 Å². The van der Waals surface area contributed by atoms with Crippen molar-refractivity contribution in [3.63, 3.8) is 0 Å². The molecule has 2 saturated heterocycles. The first-order valence-electron chi connectivity index (χ1n) is 12.5. The van der Waals surface area contributed by atoms with Crippen molar-refractivity contribution in [3.05, 3.63) is 65.5 Å². The lowest BCUT2D eigenvalue weighted by Crippen LogP contribution is -2.54. The minimum absolute atomic E-state index is 0.0690. The number of alkyl halides is 2. The van der Waals surface area contributed by atoms with Gasteiger partial charge >= 0.3 is 0 Å². The summed E-state index contributed by atoms with van der Waals surface area (Å²) < 4.78 is 69.4. The molecule has 2 aromatic rings. The molecule has 2 aliphatic heterocycles. The highest BCUT2D eigenvalue weighted by Crippen LogP contribution is 2.39. The maximum absolute atomic E-state index is 14.4. The van der Waals surface area contributed by atoms with Gasteiger partial charge in [-0.15, -0.1) is 0 Å². The molecule has 5 rings (SSSR count). The van der Waals surface area contributed by atoms with Crippen LogP contribution in [0.5, 0.6) is 0 Å². The third-order valence-corrected chi connectivity index (χ3v) is 9.31. The predicted octanol–water partition coefficient (Wildman–Crippen LogP) is 3.00. The van der Waals surface area contributed by atoms with Crippen LogP contribution >= 0.6 is 0 Å². The molecule has 2 amide bonds. The summed E-state index contributed by atoms with van der Waals surface area (Å²) in [6.45, 7) is 2.70. The van der Waals surface area contributed by atoms with Crippen LogP contribution in [-0.4, -0.2) is 67.0 Å². The van der Waals surface area contributed by atoms with Crippen molar-refractivity contribution >= 4 is 27.7 Å². The molecule has 0 spiro atoms. The van der Waals surface area contributed by atoms with Crippen molar-refractivity contribution < 1.29 is 31.2 Å². The Balaban J connectivity index is 1.51.